The molecule has 0 amide bonds. The van der Waals surface area contributed by atoms with Crippen LogP contribution in [-0.4, -0.2) is 37.2 Å². The predicted octanol–water partition coefficient (Wildman–Crippen LogP) is 18.9. The molecule has 0 heterocycles. The van der Waals surface area contributed by atoms with E-state index in [9.17, 15) is 14.4 Å². The SMILES string of the molecule is CCCCCCCCCCCCCCCCCCCC(=O)OC[C@H](COC(=O)CCCCCCCCCCC(C)C)OC(=O)CCCCCCCCCCCCCCCCC(C)CC. The van der Waals surface area contributed by atoms with Crippen LogP contribution in [0.2, 0.25) is 0 Å². The first-order chi connectivity index (χ1) is 31.3. The summed E-state index contributed by atoms with van der Waals surface area (Å²) in [6, 6.07) is 0. The largest absolute Gasteiger partial charge is 0.462 e. The highest BCUT2D eigenvalue weighted by Gasteiger charge is 2.19. The van der Waals surface area contributed by atoms with E-state index in [1.165, 1.54) is 212 Å². The molecule has 0 saturated carbocycles. The van der Waals surface area contributed by atoms with Crippen molar-refractivity contribution in [3.8, 4) is 0 Å². The van der Waals surface area contributed by atoms with Gasteiger partial charge in [-0.25, -0.2) is 0 Å². The molecule has 0 spiro atoms. The van der Waals surface area contributed by atoms with Gasteiger partial charge in [-0.2, -0.15) is 0 Å². The van der Waals surface area contributed by atoms with Crippen molar-refractivity contribution < 1.29 is 28.6 Å². The monoisotopic (exact) mass is 905 g/mol. The van der Waals surface area contributed by atoms with Crippen LogP contribution in [0.1, 0.15) is 324 Å². The topological polar surface area (TPSA) is 78.9 Å². The van der Waals surface area contributed by atoms with Gasteiger partial charge in [0.25, 0.3) is 0 Å². The highest BCUT2D eigenvalue weighted by molar-refractivity contribution is 5.71. The molecule has 0 fully saturated rings. The molecule has 0 rings (SSSR count). The lowest BCUT2D eigenvalue weighted by Crippen LogP contribution is -2.30. The van der Waals surface area contributed by atoms with Gasteiger partial charge in [0.05, 0.1) is 0 Å². The first-order valence-corrected chi connectivity index (χ1v) is 28.8. The summed E-state index contributed by atoms with van der Waals surface area (Å²) in [6.07, 6.45) is 53.8. The van der Waals surface area contributed by atoms with Crippen LogP contribution in [0.5, 0.6) is 0 Å². The fraction of sp³-hybridized carbons (Fsp3) is 0.948. The number of carbonyl (C=O) groups excluding carboxylic acids is 3. The van der Waals surface area contributed by atoms with Crippen LogP contribution in [0.3, 0.4) is 0 Å². The molecule has 0 aliphatic rings. The number of ether oxygens (including phenoxy) is 3. The molecule has 6 nitrogen and oxygen atoms in total. The second-order valence-electron chi connectivity index (χ2n) is 20.6. The second-order valence-corrected chi connectivity index (χ2v) is 20.6. The summed E-state index contributed by atoms with van der Waals surface area (Å²) in [6.45, 7) is 11.4. The lowest BCUT2D eigenvalue weighted by molar-refractivity contribution is -0.167. The van der Waals surface area contributed by atoms with E-state index in [4.69, 9.17) is 14.2 Å². The zero-order valence-electron chi connectivity index (χ0n) is 43.9. The molecule has 0 radical (unpaired) electrons. The molecule has 0 aliphatic heterocycles. The molecule has 380 valence electrons. The van der Waals surface area contributed by atoms with E-state index >= 15 is 0 Å². The average Bonchev–Trinajstić information content (AvgIpc) is 3.28. The van der Waals surface area contributed by atoms with Gasteiger partial charge in [0, 0.05) is 19.3 Å². The van der Waals surface area contributed by atoms with Crippen LogP contribution in [-0.2, 0) is 28.6 Å². The summed E-state index contributed by atoms with van der Waals surface area (Å²) in [5.41, 5.74) is 0. The molecule has 64 heavy (non-hydrogen) atoms. The number of esters is 3. The molecular formula is C58H112O6. The van der Waals surface area contributed by atoms with Gasteiger partial charge < -0.3 is 14.2 Å². The van der Waals surface area contributed by atoms with Crippen LogP contribution >= 0.6 is 0 Å². The summed E-state index contributed by atoms with van der Waals surface area (Å²) in [5, 5.41) is 0. The third-order valence-corrected chi connectivity index (χ3v) is 13.6. The van der Waals surface area contributed by atoms with E-state index in [-0.39, 0.29) is 31.1 Å². The van der Waals surface area contributed by atoms with Crippen molar-refractivity contribution in [1.29, 1.82) is 0 Å². The van der Waals surface area contributed by atoms with E-state index in [0.29, 0.717) is 19.3 Å². The average molecular weight is 906 g/mol. The van der Waals surface area contributed by atoms with Crippen LogP contribution < -0.4 is 0 Å². The van der Waals surface area contributed by atoms with E-state index < -0.39 is 6.10 Å². The number of hydrogen-bond acceptors (Lipinski definition) is 6. The third-order valence-electron chi connectivity index (χ3n) is 13.6. The molecule has 0 aliphatic carbocycles. The van der Waals surface area contributed by atoms with Gasteiger partial charge in [0.15, 0.2) is 6.10 Å². The number of unbranched alkanes of at least 4 members (excludes halogenated alkanes) is 36. The maximum atomic E-state index is 12.8. The summed E-state index contributed by atoms with van der Waals surface area (Å²) in [5.74, 6) is 0.848. The van der Waals surface area contributed by atoms with Gasteiger partial charge in [0.2, 0.25) is 0 Å². The number of carbonyl (C=O) groups is 3. The van der Waals surface area contributed by atoms with Crippen molar-refractivity contribution >= 4 is 17.9 Å². The van der Waals surface area contributed by atoms with Gasteiger partial charge in [-0.1, -0.05) is 285 Å². The highest BCUT2D eigenvalue weighted by atomic mass is 16.6. The summed E-state index contributed by atoms with van der Waals surface area (Å²) >= 11 is 0. The second kappa shape index (κ2) is 50.8. The Bertz CT molecular complexity index is 980. The highest BCUT2D eigenvalue weighted by Crippen LogP contribution is 2.18. The minimum Gasteiger partial charge on any atom is -0.462 e. The third kappa shape index (κ3) is 49.8. The van der Waals surface area contributed by atoms with Crippen LogP contribution in [0, 0.1) is 11.8 Å². The summed E-state index contributed by atoms with van der Waals surface area (Å²) in [7, 11) is 0. The van der Waals surface area contributed by atoms with E-state index in [1.54, 1.807) is 0 Å². The smallest absolute Gasteiger partial charge is 0.306 e. The molecule has 0 saturated heterocycles. The Morgan fingerprint density at radius 1 is 0.328 bits per heavy atom. The Balaban J connectivity index is 4.27. The van der Waals surface area contributed by atoms with Gasteiger partial charge in [-0.15, -0.1) is 0 Å². The first kappa shape index (κ1) is 62.4. The molecule has 6 heteroatoms. The van der Waals surface area contributed by atoms with Gasteiger partial charge in [0.1, 0.15) is 13.2 Å². The standard InChI is InChI=1S/C58H112O6/c1-6-8-9-10-11-12-13-14-15-16-17-21-24-27-33-38-43-48-56(59)62-51-55(52-63-57(60)49-44-39-34-30-29-31-36-41-46-53(3)4)64-58(61)50-45-40-35-28-25-22-19-18-20-23-26-32-37-42-47-54(5)7-2/h53-55H,6-52H2,1-5H3/t54?,55-/m1/s1. The fourth-order valence-corrected chi connectivity index (χ4v) is 8.84. The number of rotatable bonds is 52. The minimum atomic E-state index is -0.763. The molecule has 2 atom stereocenters. The van der Waals surface area contributed by atoms with Gasteiger partial charge in [-0.05, 0) is 31.1 Å². The lowest BCUT2D eigenvalue weighted by atomic mass is 9.99. The Labute approximate surface area is 399 Å². The Hall–Kier alpha value is -1.59. The van der Waals surface area contributed by atoms with Crippen LogP contribution in [0.25, 0.3) is 0 Å². The van der Waals surface area contributed by atoms with Crippen molar-refractivity contribution in [3.63, 3.8) is 0 Å². The predicted molar refractivity (Wildman–Crippen MR) is 275 cm³/mol. The molecular weight excluding hydrogens is 793 g/mol. The van der Waals surface area contributed by atoms with Crippen LogP contribution in [0.15, 0.2) is 0 Å². The molecule has 0 N–H and O–H groups in total. The maximum Gasteiger partial charge on any atom is 0.306 e. The molecule has 0 bridgehead atoms. The Morgan fingerprint density at radius 2 is 0.594 bits per heavy atom. The quantitative estimate of drug-likeness (QED) is 0.0344. The fourth-order valence-electron chi connectivity index (χ4n) is 8.84. The first-order valence-electron chi connectivity index (χ1n) is 28.8. The zero-order chi connectivity index (χ0) is 46.8. The van der Waals surface area contributed by atoms with Crippen molar-refractivity contribution in [2.24, 2.45) is 11.8 Å². The normalized spacial score (nSPS) is 12.5. The van der Waals surface area contributed by atoms with Crippen molar-refractivity contribution in [3.05, 3.63) is 0 Å². The maximum absolute atomic E-state index is 12.8. The molecule has 0 aromatic carbocycles. The molecule has 0 aromatic rings. The molecule has 1 unspecified atom stereocenters. The van der Waals surface area contributed by atoms with Gasteiger partial charge in [-0.3, -0.25) is 14.4 Å². The van der Waals surface area contributed by atoms with E-state index in [2.05, 4.69) is 34.6 Å². The molecule has 0 aromatic heterocycles. The van der Waals surface area contributed by atoms with Crippen molar-refractivity contribution in [2.75, 3.05) is 13.2 Å². The van der Waals surface area contributed by atoms with Crippen LogP contribution in [0.4, 0.5) is 0 Å². The van der Waals surface area contributed by atoms with Gasteiger partial charge >= 0.3 is 17.9 Å². The van der Waals surface area contributed by atoms with E-state index in [0.717, 1.165) is 69.6 Å². The minimum absolute atomic E-state index is 0.0631. The zero-order valence-corrected chi connectivity index (χ0v) is 43.9. The van der Waals surface area contributed by atoms with Crippen molar-refractivity contribution in [2.45, 2.75) is 330 Å². The van der Waals surface area contributed by atoms with E-state index in [1.807, 2.05) is 0 Å². The van der Waals surface area contributed by atoms with Crippen molar-refractivity contribution in [1.82, 2.24) is 0 Å². The Kier molecular flexibility index (Phi) is 49.6. The number of hydrogen-bond donors (Lipinski definition) is 0. The summed E-state index contributed by atoms with van der Waals surface area (Å²) < 4.78 is 16.9. The Morgan fingerprint density at radius 3 is 0.891 bits per heavy atom. The lowest BCUT2D eigenvalue weighted by Gasteiger charge is -2.18. The summed E-state index contributed by atoms with van der Waals surface area (Å²) in [4.78, 5) is 38.1.